The number of benzene rings is 2. The van der Waals surface area contributed by atoms with Crippen molar-refractivity contribution in [3.8, 4) is 5.75 Å². The highest BCUT2D eigenvalue weighted by Gasteiger charge is 2.28. The van der Waals surface area contributed by atoms with Crippen molar-refractivity contribution in [3.63, 3.8) is 0 Å². The Balaban J connectivity index is 1.93. The van der Waals surface area contributed by atoms with Crippen molar-refractivity contribution in [1.82, 2.24) is 0 Å². The third kappa shape index (κ3) is 2.95. The normalized spacial score (nSPS) is 14.4. The van der Waals surface area contributed by atoms with Gasteiger partial charge in [0.15, 0.2) is 0 Å². The molecule has 0 fully saturated rings. The van der Waals surface area contributed by atoms with Crippen molar-refractivity contribution in [1.29, 1.82) is 0 Å². The maximum atomic E-state index is 12.8. The first-order chi connectivity index (χ1) is 10.5. The van der Waals surface area contributed by atoms with Crippen molar-refractivity contribution in [2.24, 2.45) is 0 Å². The molecule has 0 spiro atoms. The fourth-order valence-electron chi connectivity index (χ4n) is 2.57. The van der Waals surface area contributed by atoms with Gasteiger partial charge in [0.2, 0.25) is 10.0 Å². The minimum atomic E-state index is -3.43. The number of fused-ring (bicyclic) bond motifs is 1. The van der Waals surface area contributed by atoms with Crippen LogP contribution in [0.2, 0.25) is 0 Å². The fraction of sp³-hybridized carbons (Fsp3) is 0.294. The van der Waals surface area contributed by atoms with Crippen LogP contribution in [0.15, 0.2) is 42.5 Å². The molecule has 0 aliphatic carbocycles. The molecule has 0 saturated carbocycles. The van der Waals surface area contributed by atoms with Crippen LogP contribution in [0.25, 0.3) is 0 Å². The van der Waals surface area contributed by atoms with Gasteiger partial charge in [-0.05, 0) is 37.1 Å². The minimum absolute atomic E-state index is 0.000657. The number of nitrogens with zero attached hydrogens (tertiary/aromatic N) is 1. The molecule has 22 heavy (non-hydrogen) atoms. The van der Waals surface area contributed by atoms with Crippen LogP contribution < -0.4 is 9.04 Å². The summed E-state index contributed by atoms with van der Waals surface area (Å²) in [5, 5.41) is 0. The van der Waals surface area contributed by atoms with Crippen molar-refractivity contribution in [2.75, 3.05) is 17.5 Å². The van der Waals surface area contributed by atoms with E-state index in [2.05, 4.69) is 0 Å². The molecule has 4 nitrogen and oxygen atoms in total. The van der Waals surface area contributed by atoms with E-state index >= 15 is 0 Å². The lowest BCUT2D eigenvalue weighted by Crippen LogP contribution is -2.38. The van der Waals surface area contributed by atoms with Gasteiger partial charge in [0.25, 0.3) is 0 Å². The van der Waals surface area contributed by atoms with E-state index in [4.69, 9.17) is 4.74 Å². The van der Waals surface area contributed by atoms with Crippen molar-refractivity contribution < 1.29 is 13.2 Å². The fourth-order valence-corrected chi connectivity index (χ4v) is 4.13. The Hall–Kier alpha value is -2.01. The quantitative estimate of drug-likeness (QED) is 0.874. The summed E-state index contributed by atoms with van der Waals surface area (Å²) in [6.07, 6.45) is 0. The largest absolute Gasteiger partial charge is 0.489 e. The van der Waals surface area contributed by atoms with Crippen LogP contribution in [-0.4, -0.2) is 21.6 Å². The molecular formula is C17H19NO3S. The van der Waals surface area contributed by atoms with E-state index < -0.39 is 10.0 Å². The number of sulfonamides is 1. The second kappa shape index (κ2) is 5.65. The Labute approximate surface area is 131 Å². The lowest BCUT2D eigenvalue weighted by atomic mass is 10.2. The van der Waals surface area contributed by atoms with Crippen LogP contribution >= 0.6 is 0 Å². The molecule has 0 unspecified atom stereocenters. The van der Waals surface area contributed by atoms with Gasteiger partial charge in [0.1, 0.15) is 12.4 Å². The van der Waals surface area contributed by atoms with E-state index in [1.807, 2.05) is 56.3 Å². The van der Waals surface area contributed by atoms with E-state index in [9.17, 15) is 8.42 Å². The Kier molecular flexibility index (Phi) is 3.83. The second-order valence-electron chi connectivity index (χ2n) is 5.63. The third-order valence-corrected chi connectivity index (χ3v) is 5.49. The molecule has 0 radical (unpaired) electrons. The Morgan fingerprint density at radius 3 is 2.45 bits per heavy atom. The minimum Gasteiger partial charge on any atom is -0.489 e. The summed E-state index contributed by atoms with van der Waals surface area (Å²) in [6.45, 7) is 4.66. The standard InChI is InChI=1S/C17H19NO3S/c1-13-3-6-15(7-4-13)12-22(19,20)18-9-10-21-17-8-5-14(2)11-16(17)18/h3-8,11H,9-10,12H2,1-2H3. The van der Waals surface area contributed by atoms with E-state index in [1.54, 1.807) is 0 Å². The molecule has 1 aliphatic heterocycles. The Bertz CT molecular complexity index is 782. The highest BCUT2D eigenvalue weighted by atomic mass is 32.2. The molecule has 1 heterocycles. The number of hydrogen-bond acceptors (Lipinski definition) is 3. The van der Waals surface area contributed by atoms with E-state index in [0.29, 0.717) is 24.6 Å². The average Bonchev–Trinajstić information content (AvgIpc) is 2.48. The first kappa shape index (κ1) is 14.9. The second-order valence-corrected chi connectivity index (χ2v) is 7.53. The number of aryl methyl sites for hydroxylation is 2. The number of ether oxygens (including phenoxy) is 1. The third-order valence-electron chi connectivity index (χ3n) is 3.74. The molecule has 116 valence electrons. The zero-order chi connectivity index (χ0) is 15.7. The summed E-state index contributed by atoms with van der Waals surface area (Å²) in [4.78, 5) is 0. The summed E-state index contributed by atoms with van der Waals surface area (Å²) in [7, 11) is -3.43. The predicted octanol–water partition coefficient (Wildman–Crippen LogP) is 3.03. The first-order valence-electron chi connectivity index (χ1n) is 7.25. The van der Waals surface area contributed by atoms with Gasteiger partial charge in [-0.3, -0.25) is 4.31 Å². The highest BCUT2D eigenvalue weighted by Crippen LogP contribution is 2.34. The van der Waals surface area contributed by atoms with Gasteiger partial charge in [-0.25, -0.2) is 8.42 Å². The van der Waals surface area contributed by atoms with Crippen LogP contribution in [0.5, 0.6) is 5.75 Å². The molecule has 1 aliphatic rings. The summed E-state index contributed by atoms with van der Waals surface area (Å²) >= 11 is 0. The smallest absolute Gasteiger partial charge is 0.239 e. The van der Waals surface area contributed by atoms with Gasteiger partial charge < -0.3 is 4.74 Å². The van der Waals surface area contributed by atoms with E-state index in [0.717, 1.165) is 16.7 Å². The van der Waals surface area contributed by atoms with Gasteiger partial charge in [-0.2, -0.15) is 0 Å². The maximum Gasteiger partial charge on any atom is 0.239 e. The number of hydrogen-bond donors (Lipinski definition) is 0. The summed E-state index contributed by atoms with van der Waals surface area (Å²) in [6, 6.07) is 13.2. The molecule has 0 amide bonds. The monoisotopic (exact) mass is 317 g/mol. The predicted molar refractivity (Wildman–Crippen MR) is 87.8 cm³/mol. The summed E-state index contributed by atoms with van der Waals surface area (Å²) in [5.74, 6) is 0.630. The van der Waals surface area contributed by atoms with Crippen LogP contribution in [0.4, 0.5) is 5.69 Å². The molecule has 2 aromatic rings. The Morgan fingerprint density at radius 1 is 1.05 bits per heavy atom. The topological polar surface area (TPSA) is 46.6 Å². The number of anilines is 1. The van der Waals surface area contributed by atoms with Crippen molar-refractivity contribution >= 4 is 15.7 Å². The molecule has 3 rings (SSSR count). The molecular weight excluding hydrogens is 298 g/mol. The molecule has 5 heteroatoms. The molecule has 0 bridgehead atoms. The zero-order valence-corrected chi connectivity index (χ0v) is 13.6. The van der Waals surface area contributed by atoms with E-state index in [-0.39, 0.29) is 5.75 Å². The highest BCUT2D eigenvalue weighted by molar-refractivity contribution is 7.92. The molecule has 2 aromatic carbocycles. The molecule has 0 aromatic heterocycles. The van der Waals surface area contributed by atoms with Crippen LogP contribution in [0, 0.1) is 13.8 Å². The lowest BCUT2D eigenvalue weighted by Gasteiger charge is -2.30. The maximum absolute atomic E-state index is 12.8. The summed E-state index contributed by atoms with van der Waals surface area (Å²) in [5.41, 5.74) is 3.57. The molecule has 0 saturated heterocycles. The Morgan fingerprint density at radius 2 is 1.73 bits per heavy atom. The average molecular weight is 317 g/mol. The van der Waals surface area contributed by atoms with Gasteiger partial charge in [0, 0.05) is 0 Å². The lowest BCUT2D eigenvalue weighted by molar-refractivity contribution is 0.315. The zero-order valence-electron chi connectivity index (χ0n) is 12.7. The van der Waals surface area contributed by atoms with Gasteiger partial charge in [-0.15, -0.1) is 0 Å². The van der Waals surface area contributed by atoms with Crippen molar-refractivity contribution in [2.45, 2.75) is 19.6 Å². The van der Waals surface area contributed by atoms with E-state index in [1.165, 1.54) is 4.31 Å². The van der Waals surface area contributed by atoms with Crippen molar-refractivity contribution in [3.05, 3.63) is 59.2 Å². The van der Waals surface area contributed by atoms with Crippen LogP contribution in [-0.2, 0) is 15.8 Å². The first-order valence-corrected chi connectivity index (χ1v) is 8.86. The SMILES string of the molecule is Cc1ccc(CS(=O)(=O)N2CCOc3ccc(C)cc32)cc1. The number of rotatable bonds is 3. The van der Waals surface area contributed by atoms with Gasteiger partial charge >= 0.3 is 0 Å². The van der Waals surface area contributed by atoms with Crippen LogP contribution in [0.1, 0.15) is 16.7 Å². The summed E-state index contributed by atoms with van der Waals surface area (Å²) < 4.78 is 32.6. The molecule has 0 atom stereocenters. The molecule has 0 N–H and O–H groups in total. The van der Waals surface area contributed by atoms with Gasteiger partial charge in [-0.1, -0.05) is 35.9 Å². The van der Waals surface area contributed by atoms with Gasteiger partial charge in [0.05, 0.1) is 18.0 Å². The van der Waals surface area contributed by atoms with Crippen LogP contribution in [0.3, 0.4) is 0 Å².